The van der Waals surface area contributed by atoms with Crippen molar-refractivity contribution in [1.82, 2.24) is 4.90 Å². The van der Waals surface area contributed by atoms with E-state index in [4.69, 9.17) is 10.5 Å². The highest BCUT2D eigenvalue weighted by molar-refractivity contribution is 5.97. The zero-order chi connectivity index (χ0) is 13.1. The summed E-state index contributed by atoms with van der Waals surface area (Å²) in [6.07, 6.45) is 0.874. The Morgan fingerprint density at radius 2 is 2.39 bits per heavy atom. The Labute approximate surface area is 106 Å². The molecule has 4 nitrogen and oxygen atoms in total. The summed E-state index contributed by atoms with van der Waals surface area (Å²) in [7, 11) is 1.43. The highest BCUT2D eigenvalue weighted by atomic mass is 19.1. The van der Waals surface area contributed by atoms with Crippen molar-refractivity contribution >= 4 is 5.91 Å². The summed E-state index contributed by atoms with van der Waals surface area (Å²) in [6.45, 7) is 1.77. The molecule has 0 bridgehead atoms. The van der Waals surface area contributed by atoms with Crippen LogP contribution in [0.25, 0.3) is 0 Å². The molecule has 1 atom stereocenters. The number of carbonyl (C=O) groups is 1. The lowest BCUT2D eigenvalue weighted by Gasteiger charge is -2.18. The van der Waals surface area contributed by atoms with E-state index in [1.165, 1.54) is 19.2 Å². The number of hydrogen-bond acceptors (Lipinski definition) is 3. The summed E-state index contributed by atoms with van der Waals surface area (Å²) >= 11 is 0. The van der Waals surface area contributed by atoms with Crippen LogP contribution in [0.1, 0.15) is 16.8 Å². The number of rotatable bonds is 3. The van der Waals surface area contributed by atoms with E-state index in [-0.39, 0.29) is 17.2 Å². The van der Waals surface area contributed by atoms with E-state index < -0.39 is 5.82 Å². The number of carbonyl (C=O) groups excluding carboxylic acids is 1. The molecule has 1 aliphatic rings. The molecule has 0 spiro atoms. The van der Waals surface area contributed by atoms with E-state index in [9.17, 15) is 9.18 Å². The maximum atomic E-state index is 13.8. The predicted molar refractivity (Wildman–Crippen MR) is 66.0 cm³/mol. The second-order valence-corrected chi connectivity index (χ2v) is 4.46. The molecule has 1 amide bonds. The molecule has 1 unspecified atom stereocenters. The van der Waals surface area contributed by atoms with E-state index in [2.05, 4.69) is 0 Å². The SMILES string of the molecule is COc1cccc(F)c1C(=O)N1CCC(CN)C1. The third-order valence-electron chi connectivity index (χ3n) is 3.32. The van der Waals surface area contributed by atoms with Crippen molar-refractivity contribution in [1.29, 1.82) is 0 Å². The van der Waals surface area contributed by atoms with Gasteiger partial charge in [-0.2, -0.15) is 0 Å². The topological polar surface area (TPSA) is 55.6 Å². The van der Waals surface area contributed by atoms with Gasteiger partial charge in [-0.25, -0.2) is 4.39 Å². The first-order valence-corrected chi connectivity index (χ1v) is 5.99. The van der Waals surface area contributed by atoms with Crippen LogP contribution in [-0.2, 0) is 0 Å². The van der Waals surface area contributed by atoms with E-state index >= 15 is 0 Å². The van der Waals surface area contributed by atoms with Gasteiger partial charge in [-0.05, 0) is 31.0 Å². The van der Waals surface area contributed by atoms with Gasteiger partial charge in [0.25, 0.3) is 5.91 Å². The average Bonchev–Trinajstić information content (AvgIpc) is 2.86. The summed E-state index contributed by atoms with van der Waals surface area (Å²) in [5.41, 5.74) is 5.60. The van der Waals surface area contributed by atoms with E-state index in [0.29, 0.717) is 25.6 Å². The molecule has 1 saturated heterocycles. The van der Waals surface area contributed by atoms with Crippen molar-refractivity contribution in [2.45, 2.75) is 6.42 Å². The fourth-order valence-corrected chi connectivity index (χ4v) is 2.25. The molecular weight excluding hydrogens is 235 g/mol. The number of halogens is 1. The van der Waals surface area contributed by atoms with Crippen LogP contribution in [0.4, 0.5) is 4.39 Å². The Hall–Kier alpha value is -1.62. The first-order valence-electron chi connectivity index (χ1n) is 5.99. The van der Waals surface area contributed by atoms with Crippen LogP contribution in [0.5, 0.6) is 5.75 Å². The van der Waals surface area contributed by atoms with Crippen LogP contribution in [0.3, 0.4) is 0 Å². The van der Waals surface area contributed by atoms with E-state index in [1.54, 1.807) is 11.0 Å². The van der Waals surface area contributed by atoms with Crippen LogP contribution >= 0.6 is 0 Å². The van der Waals surface area contributed by atoms with Crippen LogP contribution in [-0.4, -0.2) is 37.6 Å². The number of methoxy groups -OCH3 is 1. The molecule has 5 heteroatoms. The van der Waals surface area contributed by atoms with Crippen LogP contribution in [0, 0.1) is 11.7 Å². The van der Waals surface area contributed by atoms with Gasteiger partial charge < -0.3 is 15.4 Å². The minimum absolute atomic E-state index is 0.0117. The minimum Gasteiger partial charge on any atom is -0.496 e. The molecular formula is C13H17FN2O2. The van der Waals surface area contributed by atoms with E-state index in [0.717, 1.165) is 6.42 Å². The second-order valence-electron chi connectivity index (χ2n) is 4.46. The van der Waals surface area contributed by atoms with Gasteiger partial charge in [-0.15, -0.1) is 0 Å². The number of hydrogen-bond donors (Lipinski definition) is 1. The highest BCUT2D eigenvalue weighted by Crippen LogP contribution is 2.25. The molecule has 1 aromatic rings. The lowest BCUT2D eigenvalue weighted by atomic mass is 10.1. The summed E-state index contributed by atoms with van der Waals surface area (Å²) in [5, 5.41) is 0. The van der Waals surface area contributed by atoms with Crippen molar-refractivity contribution in [3.8, 4) is 5.75 Å². The lowest BCUT2D eigenvalue weighted by molar-refractivity contribution is 0.0779. The Bertz CT molecular complexity index is 451. The molecule has 1 aromatic carbocycles. The van der Waals surface area contributed by atoms with Crippen molar-refractivity contribution in [3.63, 3.8) is 0 Å². The maximum absolute atomic E-state index is 13.8. The summed E-state index contributed by atoms with van der Waals surface area (Å²) in [4.78, 5) is 13.9. The number of nitrogens with zero attached hydrogens (tertiary/aromatic N) is 1. The second kappa shape index (κ2) is 5.35. The molecule has 1 aliphatic heterocycles. The zero-order valence-electron chi connectivity index (χ0n) is 10.4. The molecule has 1 fully saturated rings. The van der Waals surface area contributed by atoms with Gasteiger partial charge in [0.05, 0.1) is 7.11 Å². The zero-order valence-corrected chi connectivity index (χ0v) is 10.4. The Morgan fingerprint density at radius 1 is 1.61 bits per heavy atom. The van der Waals surface area contributed by atoms with Crippen LogP contribution in [0.15, 0.2) is 18.2 Å². The quantitative estimate of drug-likeness (QED) is 0.881. The summed E-state index contributed by atoms with van der Waals surface area (Å²) in [6, 6.07) is 4.39. The normalized spacial score (nSPS) is 19.1. The molecule has 0 aromatic heterocycles. The van der Waals surface area contributed by atoms with Crippen molar-refractivity contribution in [2.24, 2.45) is 11.7 Å². The third kappa shape index (κ3) is 2.31. The van der Waals surface area contributed by atoms with Gasteiger partial charge in [-0.1, -0.05) is 6.07 Å². The van der Waals surface area contributed by atoms with Gasteiger partial charge >= 0.3 is 0 Å². The Kier molecular flexibility index (Phi) is 3.81. The average molecular weight is 252 g/mol. The molecule has 1 heterocycles. The fraction of sp³-hybridized carbons (Fsp3) is 0.462. The summed E-state index contributed by atoms with van der Waals surface area (Å²) in [5.74, 6) is -0.278. The number of ether oxygens (including phenoxy) is 1. The minimum atomic E-state index is -0.546. The Balaban J connectivity index is 2.24. The largest absolute Gasteiger partial charge is 0.496 e. The van der Waals surface area contributed by atoms with Crippen LogP contribution in [0.2, 0.25) is 0 Å². The van der Waals surface area contributed by atoms with E-state index in [1.807, 2.05) is 0 Å². The van der Waals surface area contributed by atoms with Gasteiger partial charge in [-0.3, -0.25) is 4.79 Å². The van der Waals surface area contributed by atoms with Crippen molar-refractivity contribution < 1.29 is 13.9 Å². The number of amides is 1. The molecule has 0 saturated carbocycles. The van der Waals surface area contributed by atoms with Crippen LogP contribution < -0.4 is 10.5 Å². The standard InChI is InChI=1S/C13H17FN2O2/c1-18-11-4-2-3-10(14)12(11)13(17)16-6-5-9(7-15)8-16/h2-4,9H,5-8,15H2,1H3. The number of nitrogens with two attached hydrogens (primary N) is 1. The molecule has 18 heavy (non-hydrogen) atoms. The van der Waals surface area contributed by atoms with Gasteiger partial charge in [0.1, 0.15) is 17.1 Å². The van der Waals surface area contributed by atoms with Gasteiger partial charge in [0, 0.05) is 13.1 Å². The molecule has 0 radical (unpaired) electrons. The highest BCUT2D eigenvalue weighted by Gasteiger charge is 2.29. The monoisotopic (exact) mass is 252 g/mol. The number of likely N-dealkylation sites (tertiary alicyclic amines) is 1. The fourth-order valence-electron chi connectivity index (χ4n) is 2.25. The third-order valence-corrected chi connectivity index (χ3v) is 3.32. The molecule has 0 aliphatic carbocycles. The smallest absolute Gasteiger partial charge is 0.260 e. The number of benzene rings is 1. The van der Waals surface area contributed by atoms with Crippen molar-refractivity contribution in [3.05, 3.63) is 29.6 Å². The lowest BCUT2D eigenvalue weighted by Crippen LogP contribution is -2.30. The predicted octanol–water partition coefficient (Wildman–Crippen LogP) is 1.26. The summed E-state index contributed by atoms with van der Waals surface area (Å²) < 4.78 is 18.8. The Morgan fingerprint density at radius 3 is 3.00 bits per heavy atom. The molecule has 2 N–H and O–H groups in total. The van der Waals surface area contributed by atoms with Crippen molar-refractivity contribution in [2.75, 3.05) is 26.7 Å². The first kappa shape index (κ1) is 12.8. The molecule has 98 valence electrons. The first-order chi connectivity index (χ1) is 8.67. The molecule has 2 rings (SSSR count). The van der Waals surface area contributed by atoms with Gasteiger partial charge in [0.15, 0.2) is 0 Å². The van der Waals surface area contributed by atoms with Gasteiger partial charge in [0.2, 0.25) is 0 Å². The maximum Gasteiger partial charge on any atom is 0.260 e.